The van der Waals surface area contributed by atoms with Gasteiger partial charge >= 0.3 is 5.97 Å². The van der Waals surface area contributed by atoms with Gasteiger partial charge in [-0.1, -0.05) is 25.1 Å². The summed E-state index contributed by atoms with van der Waals surface area (Å²) in [5, 5.41) is 3.53. The Balaban J connectivity index is 1.97. The van der Waals surface area contributed by atoms with E-state index in [-0.39, 0.29) is 18.6 Å². The molecule has 20 heavy (non-hydrogen) atoms. The lowest BCUT2D eigenvalue weighted by Crippen LogP contribution is -2.35. The molecule has 0 bridgehead atoms. The summed E-state index contributed by atoms with van der Waals surface area (Å²) < 4.78 is 5.03. The number of para-hydroxylation sites is 1. The number of rotatable bonds is 5. The number of nitrogens with one attached hydrogen (secondary N) is 2. The number of aromatic amines is 1. The van der Waals surface area contributed by atoms with Crippen LogP contribution >= 0.6 is 0 Å². The van der Waals surface area contributed by atoms with Gasteiger partial charge in [0.2, 0.25) is 0 Å². The topological polar surface area (TPSA) is 71.2 Å². The number of amides is 1. The Morgan fingerprint density at radius 2 is 2.10 bits per heavy atom. The van der Waals surface area contributed by atoms with Crippen molar-refractivity contribution in [2.24, 2.45) is 0 Å². The smallest absolute Gasteiger partial charge is 0.340 e. The summed E-state index contributed by atoms with van der Waals surface area (Å²) in [5.74, 6) is -0.783. The Kier molecular flexibility index (Phi) is 4.40. The molecule has 0 saturated heterocycles. The van der Waals surface area contributed by atoms with Crippen LogP contribution in [0.2, 0.25) is 0 Å². The molecule has 1 aromatic carbocycles. The molecule has 0 aliphatic rings. The Labute approximate surface area is 117 Å². The SMILES string of the molecule is CC[C@H](C)NC(=O)COC(=O)c1c[nH]c2ccccc12. The normalized spacial score (nSPS) is 12.1. The molecule has 1 aromatic heterocycles. The number of ether oxygens (including phenoxy) is 1. The summed E-state index contributed by atoms with van der Waals surface area (Å²) in [6, 6.07) is 7.52. The maximum atomic E-state index is 12.0. The van der Waals surface area contributed by atoms with Gasteiger partial charge in [0.25, 0.3) is 5.91 Å². The lowest BCUT2D eigenvalue weighted by atomic mass is 10.2. The first-order valence-corrected chi connectivity index (χ1v) is 6.64. The molecule has 0 aliphatic carbocycles. The zero-order valence-corrected chi connectivity index (χ0v) is 11.6. The van der Waals surface area contributed by atoms with E-state index in [0.717, 1.165) is 17.3 Å². The van der Waals surface area contributed by atoms with Gasteiger partial charge in [-0.3, -0.25) is 4.79 Å². The van der Waals surface area contributed by atoms with Gasteiger partial charge < -0.3 is 15.0 Å². The molecule has 0 radical (unpaired) electrons. The Morgan fingerprint density at radius 3 is 2.85 bits per heavy atom. The predicted molar refractivity (Wildman–Crippen MR) is 76.5 cm³/mol. The zero-order valence-electron chi connectivity index (χ0n) is 11.6. The molecule has 106 valence electrons. The molecule has 0 fully saturated rings. The first-order valence-electron chi connectivity index (χ1n) is 6.64. The van der Waals surface area contributed by atoms with E-state index >= 15 is 0 Å². The molecule has 1 heterocycles. The summed E-state index contributed by atoms with van der Waals surface area (Å²) in [7, 11) is 0. The van der Waals surface area contributed by atoms with Crippen molar-refractivity contribution < 1.29 is 14.3 Å². The Morgan fingerprint density at radius 1 is 1.35 bits per heavy atom. The molecule has 0 saturated carbocycles. The van der Waals surface area contributed by atoms with E-state index in [1.54, 1.807) is 6.20 Å². The largest absolute Gasteiger partial charge is 0.452 e. The lowest BCUT2D eigenvalue weighted by molar-refractivity contribution is -0.124. The van der Waals surface area contributed by atoms with E-state index < -0.39 is 5.97 Å². The first kappa shape index (κ1) is 14.1. The second-order valence-corrected chi connectivity index (χ2v) is 4.70. The van der Waals surface area contributed by atoms with Gasteiger partial charge in [-0.2, -0.15) is 0 Å². The summed E-state index contributed by atoms with van der Waals surface area (Å²) in [6.45, 7) is 3.62. The number of carbonyl (C=O) groups is 2. The third-order valence-corrected chi connectivity index (χ3v) is 3.16. The predicted octanol–water partition coefficient (Wildman–Crippen LogP) is 2.24. The van der Waals surface area contributed by atoms with Crippen LogP contribution in [0.25, 0.3) is 10.9 Å². The average Bonchev–Trinajstić information content (AvgIpc) is 2.88. The minimum absolute atomic E-state index is 0.0780. The van der Waals surface area contributed by atoms with Gasteiger partial charge in [0.1, 0.15) is 0 Å². The maximum absolute atomic E-state index is 12.0. The van der Waals surface area contributed by atoms with Crippen molar-refractivity contribution >= 4 is 22.8 Å². The van der Waals surface area contributed by atoms with Crippen molar-refractivity contribution in [3.8, 4) is 0 Å². The van der Waals surface area contributed by atoms with Gasteiger partial charge in [-0.15, -0.1) is 0 Å². The van der Waals surface area contributed by atoms with E-state index in [0.29, 0.717) is 5.56 Å². The zero-order chi connectivity index (χ0) is 14.5. The van der Waals surface area contributed by atoms with Crippen LogP contribution in [0.5, 0.6) is 0 Å². The molecule has 5 nitrogen and oxygen atoms in total. The van der Waals surface area contributed by atoms with Gasteiger partial charge in [0.05, 0.1) is 5.56 Å². The molecule has 1 atom stereocenters. The summed E-state index contributed by atoms with van der Waals surface area (Å²) in [4.78, 5) is 26.5. The molecule has 2 rings (SSSR count). The fourth-order valence-electron chi connectivity index (χ4n) is 1.87. The van der Waals surface area contributed by atoms with Crippen molar-refractivity contribution in [1.82, 2.24) is 10.3 Å². The molecular formula is C15H18N2O3. The van der Waals surface area contributed by atoms with Crippen LogP contribution in [-0.4, -0.2) is 29.5 Å². The molecule has 2 aromatic rings. The van der Waals surface area contributed by atoms with E-state index in [4.69, 9.17) is 4.74 Å². The van der Waals surface area contributed by atoms with Crippen molar-refractivity contribution in [2.75, 3.05) is 6.61 Å². The van der Waals surface area contributed by atoms with E-state index in [9.17, 15) is 9.59 Å². The van der Waals surface area contributed by atoms with Gasteiger partial charge in [0, 0.05) is 23.1 Å². The third-order valence-electron chi connectivity index (χ3n) is 3.16. The minimum Gasteiger partial charge on any atom is -0.452 e. The number of carbonyl (C=O) groups excluding carboxylic acids is 2. The number of H-pyrrole nitrogens is 1. The Bertz CT molecular complexity index is 618. The van der Waals surface area contributed by atoms with Crippen LogP contribution in [-0.2, 0) is 9.53 Å². The van der Waals surface area contributed by atoms with E-state index in [2.05, 4.69) is 10.3 Å². The number of hydrogen-bond acceptors (Lipinski definition) is 3. The molecular weight excluding hydrogens is 256 g/mol. The number of benzene rings is 1. The number of fused-ring (bicyclic) bond motifs is 1. The highest BCUT2D eigenvalue weighted by atomic mass is 16.5. The van der Waals surface area contributed by atoms with Crippen molar-refractivity contribution in [3.63, 3.8) is 0 Å². The maximum Gasteiger partial charge on any atom is 0.340 e. The molecule has 0 spiro atoms. The van der Waals surface area contributed by atoms with Crippen LogP contribution in [0, 0.1) is 0 Å². The van der Waals surface area contributed by atoms with Gasteiger partial charge in [0.15, 0.2) is 6.61 Å². The quantitative estimate of drug-likeness (QED) is 0.821. The number of esters is 1. The molecule has 5 heteroatoms. The van der Waals surface area contributed by atoms with E-state index in [1.165, 1.54) is 0 Å². The molecule has 2 N–H and O–H groups in total. The van der Waals surface area contributed by atoms with Crippen LogP contribution in [0.4, 0.5) is 0 Å². The fraction of sp³-hybridized carbons (Fsp3) is 0.333. The van der Waals surface area contributed by atoms with Crippen LogP contribution in [0.1, 0.15) is 30.6 Å². The minimum atomic E-state index is -0.498. The van der Waals surface area contributed by atoms with Crippen LogP contribution in [0.3, 0.4) is 0 Å². The lowest BCUT2D eigenvalue weighted by Gasteiger charge is -2.11. The van der Waals surface area contributed by atoms with Crippen molar-refractivity contribution in [2.45, 2.75) is 26.3 Å². The van der Waals surface area contributed by atoms with E-state index in [1.807, 2.05) is 38.1 Å². The molecule has 0 aliphatic heterocycles. The average molecular weight is 274 g/mol. The second-order valence-electron chi connectivity index (χ2n) is 4.70. The molecule has 0 unspecified atom stereocenters. The highest BCUT2D eigenvalue weighted by molar-refractivity contribution is 6.04. The highest BCUT2D eigenvalue weighted by Gasteiger charge is 2.15. The summed E-state index contributed by atoms with van der Waals surface area (Å²) in [6.07, 6.45) is 2.43. The number of aromatic nitrogens is 1. The van der Waals surface area contributed by atoms with Gasteiger partial charge in [-0.05, 0) is 19.4 Å². The summed E-state index contributed by atoms with van der Waals surface area (Å²) in [5.41, 5.74) is 1.31. The Hall–Kier alpha value is -2.30. The van der Waals surface area contributed by atoms with Crippen molar-refractivity contribution in [3.05, 3.63) is 36.0 Å². The highest BCUT2D eigenvalue weighted by Crippen LogP contribution is 2.18. The monoisotopic (exact) mass is 274 g/mol. The van der Waals surface area contributed by atoms with Gasteiger partial charge in [-0.25, -0.2) is 4.79 Å². The fourth-order valence-corrected chi connectivity index (χ4v) is 1.87. The number of hydrogen-bond donors (Lipinski definition) is 2. The second kappa shape index (κ2) is 6.23. The third kappa shape index (κ3) is 3.17. The standard InChI is InChI=1S/C15H18N2O3/c1-3-10(2)17-14(18)9-20-15(19)12-8-16-13-7-5-4-6-11(12)13/h4-8,10,16H,3,9H2,1-2H3,(H,17,18)/t10-/m0/s1. The summed E-state index contributed by atoms with van der Waals surface area (Å²) >= 11 is 0. The molecule has 1 amide bonds. The van der Waals surface area contributed by atoms with Crippen molar-refractivity contribution in [1.29, 1.82) is 0 Å². The van der Waals surface area contributed by atoms with Crippen LogP contribution in [0.15, 0.2) is 30.5 Å². The first-order chi connectivity index (χ1) is 9.61. The van der Waals surface area contributed by atoms with Crippen LogP contribution < -0.4 is 5.32 Å².